The molecule has 1 aliphatic heterocycles. The number of carbonyl (C=O) groups excluding carboxylic acids is 1. The van der Waals surface area contributed by atoms with Gasteiger partial charge >= 0.3 is 6.09 Å². The lowest BCUT2D eigenvalue weighted by atomic mass is 10.0. The number of alkyl carbamates (subject to hydrolysis) is 1. The maximum Gasteiger partial charge on any atom is 0.407 e. The zero-order valence-corrected chi connectivity index (χ0v) is 11.7. The number of aromatic nitrogens is 1. The maximum absolute atomic E-state index is 11.1. The zero-order chi connectivity index (χ0) is 14.7. The van der Waals surface area contributed by atoms with Crippen LogP contribution >= 0.6 is 11.6 Å². The molecule has 0 bridgehead atoms. The molecule has 3 rings (SSSR count). The number of rotatable bonds is 1. The van der Waals surface area contributed by atoms with Crippen molar-refractivity contribution < 1.29 is 9.53 Å². The van der Waals surface area contributed by atoms with Gasteiger partial charge in [0.25, 0.3) is 0 Å². The summed E-state index contributed by atoms with van der Waals surface area (Å²) in [6.45, 7) is 0.337. The first-order chi connectivity index (χ1) is 10.2. The number of nitrogens with one attached hydrogen (secondary N) is 1. The van der Waals surface area contributed by atoms with Gasteiger partial charge in [-0.1, -0.05) is 35.6 Å². The number of cyclic esters (lactones) is 1. The van der Waals surface area contributed by atoms with E-state index in [1.807, 2.05) is 30.3 Å². The van der Waals surface area contributed by atoms with Crippen LogP contribution in [0, 0.1) is 11.8 Å². The molecule has 1 amide bonds. The lowest BCUT2D eigenvalue weighted by molar-refractivity contribution is 0.177. The van der Waals surface area contributed by atoms with Crippen molar-refractivity contribution in [3.05, 3.63) is 64.4 Å². The van der Waals surface area contributed by atoms with Gasteiger partial charge in [-0.05, 0) is 29.8 Å². The van der Waals surface area contributed by atoms with E-state index in [0.717, 1.165) is 11.1 Å². The molecule has 1 N–H and O–H groups in total. The largest absolute Gasteiger partial charge is 0.447 e. The molecule has 0 radical (unpaired) electrons. The Bertz CT molecular complexity index is 749. The summed E-state index contributed by atoms with van der Waals surface area (Å²) in [5, 5.41) is 3.13. The summed E-state index contributed by atoms with van der Waals surface area (Å²) in [6, 6.07) is 11.1. The molecule has 1 aromatic heterocycles. The van der Waals surface area contributed by atoms with Crippen LogP contribution < -0.4 is 5.32 Å². The number of ether oxygens (including phenoxy) is 1. The molecule has 1 aliphatic rings. The highest BCUT2D eigenvalue weighted by molar-refractivity contribution is 6.30. The number of hydrogen-bond acceptors (Lipinski definition) is 3. The molecule has 2 aromatic rings. The number of hydrogen-bond donors (Lipinski definition) is 1. The predicted octanol–water partition coefficient (Wildman–Crippen LogP) is 2.92. The van der Waals surface area contributed by atoms with Gasteiger partial charge in [0.05, 0.1) is 11.6 Å². The third-order valence-corrected chi connectivity index (χ3v) is 3.36. The summed E-state index contributed by atoms with van der Waals surface area (Å²) in [5.74, 6) is 6.04. The Morgan fingerprint density at radius 2 is 2.19 bits per heavy atom. The molecule has 1 fully saturated rings. The Hall–Kier alpha value is -2.51. The number of benzene rings is 1. The van der Waals surface area contributed by atoms with Crippen LogP contribution in [0.5, 0.6) is 0 Å². The summed E-state index contributed by atoms with van der Waals surface area (Å²) in [5.41, 5.74) is 2.49. The summed E-state index contributed by atoms with van der Waals surface area (Å²) < 4.78 is 4.89. The Kier molecular flexibility index (Phi) is 3.76. The predicted molar refractivity (Wildman–Crippen MR) is 78.9 cm³/mol. The fourth-order valence-corrected chi connectivity index (χ4v) is 2.18. The van der Waals surface area contributed by atoms with E-state index < -0.39 is 6.09 Å². The fraction of sp³-hybridized carbons (Fsp3) is 0.125. The van der Waals surface area contributed by atoms with Crippen LogP contribution in [0.3, 0.4) is 0 Å². The monoisotopic (exact) mass is 298 g/mol. The number of carbonyl (C=O) groups is 1. The molecule has 0 spiro atoms. The van der Waals surface area contributed by atoms with Crippen molar-refractivity contribution in [2.75, 3.05) is 6.61 Å². The van der Waals surface area contributed by atoms with Crippen LogP contribution in [0.15, 0.2) is 42.6 Å². The van der Waals surface area contributed by atoms with E-state index in [4.69, 9.17) is 16.3 Å². The standard InChI is InChI=1S/C16H11ClN2O2/c17-15-12(5-2-8-18-15)7-6-11-3-1-4-13(9-11)14-10-21-16(20)19-14/h1-5,8-9,14H,10H2,(H,19,20)/t14-/m0/s1. The molecule has 2 heterocycles. The van der Waals surface area contributed by atoms with Gasteiger partial charge in [0.1, 0.15) is 11.8 Å². The Labute approximate surface area is 127 Å². The minimum Gasteiger partial charge on any atom is -0.447 e. The summed E-state index contributed by atoms with van der Waals surface area (Å²) in [7, 11) is 0. The van der Waals surface area contributed by atoms with Gasteiger partial charge in [-0.2, -0.15) is 0 Å². The first kappa shape index (κ1) is 13.5. The minimum atomic E-state index is -0.390. The number of amides is 1. The third-order valence-electron chi connectivity index (χ3n) is 3.06. The average Bonchev–Trinajstić information content (AvgIpc) is 2.93. The Morgan fingerprint density at radius 1 is 1.29 bits per heavy atom. The second-order valence-electron chi connectivity index (χ2n) is 4.51. The van der Waals surface area contributed by atoms with E-state index in [0.29, 0.717) is 17.3 Å². The van der Waals surface area contributed by atoms with Gasteiger partial charge in [-0.15, -0.1) is 0 Å². The molecular formula is C16H11ClN2O2. The van der Waals surface area contributed by atoms with Gasteiger partial charge in [-0.25, -0.2) is 9.78 Å². The third kappa shape index (κ3) is 3.15. The summed E-state index contributed by atoms with van der Waals surface area (Å²) >= 11 is 5.96. The molecular weight excluding hydrogens is 288 g/mol. The van der Waals surface area contributed by atoms with Crippen molar-refractivity contribution >= 4 is 17.7 Å². The van der Waals surface area contributed by atoms with Gasteiger partial charge in [0.15, 0.2) is 0 Å². The molecule has 1 saturated heterocycles. The first-order valence-electron chi connectivity index (χ1n) is 6.38. The van der Waals surface area contributed by atoms with Gasteiger partial charge in [-0.3, -0.25) is 0 Å². The number of pyridine rings is 1. The van der Waals surface area contributed by atoms with Crippen molar-refractivity contribution in [3.8, 4) is 11.8 Å². The highest BCUT2D eigenvalue weighted by Crippen LogP contribution is 2.19. The number of halogens is 1. The van der Waals surface area contributed by atoms with Crippen LogP contribution in [-0.4, -0.2) is 17.7 Å². The van der Waals surface area contributed by atoms with E-state index in [9.17, 15) is 4.79 Å². The van der Waals surface area contributed by atoms with Crippen LogP contribution in [-0.2, 0) is 4.74 Å². The van der Waals surface area contributed by atoms with Crippen molar-refractivity contribution in [1.29, 1.82) is 0 Å². The second kappa shape index (κ2) is 5.86. The Balaban J connectivity index is 1.84. The van der Waals surface area contributed by atoms with Crippen molar-refractivity contribution in [2.45, 2.75) is 6.04 Å². The Morgan fingerprint density at radius 3 is 2.95 bits per heavy atom. The minimum absolute atomic E-state index is 0.124. The fourth-order valence-electron chi connectivity index (χ4n) is 2.02. The lowest BCUT2D eigenvalue weighted by Gasteiger charge is -2.07. The van der Waals surface area contributed by atoms with E-state index in [2.05, 4.69) is 22.1 Å². The molecule has 0 unspecified atom stereocenters. The quantitative estimate of drug-likeness (QED) is 0.650. The van der Waals surface area contributed by atoms with Gasteiger partial charge < -0.3 is 10.1 Å². The maximum atomic E-state index is 11.1. The molecule has 0 saturated carbocycles. The highest BCUT2D eigenvalue weighted by Gasteiger charge is 2.23. The van der Waals surface area contributed by atoms with Gasteiger partial charge in [0, 0.05) is 11.8 Å². The normalized spacial score (nSPS) is 16.6. The van der Waals surface area contributed by atoms with E-state index in [1.54, 1.807) is 12.3 Å². The van der Waals surface area contributed by atoms with Crippen molar-refractivity contribution in [3.63, 3.8) is 0 Å². The molecule has 5 heteroatoms. The summed E-state index contributed by atoms with van der Waals surface area (Å²) in [6.07, 6.45) is 1.23. The van der Waals surface area contributed by atoms with Crippen LogP contribution in [0.1, 0.15) is 22.7 Å². The molecule has 1 atom stereocenters. The van der Waals surface area contributed by atoms with Crippen LogP contribution in [0.25, 0.3) is 0 Å². The van der Waals surface area contributed by atoms with E-state index >= 15 is 0 Å². The lowest BCUT2D eigenvalue weighted by Crippen LogP contribution is -2.18. The van der Waals surface area contributed by atoms with E-state index in [-0.39, 0.29) is 6.04 Å². The van der Waals surface area contributed by atoms with Gasteiger partial charge in [0.2, 0.25) is 0 Å². The summed E-state index contributed by atoms with van der Waals surface area (Å²) in [4.78, 5) is 15.1. The molecule has 104 valence electrons. The molecule has 1 aromatic carbocycles. The second-order valence-corrected chi connectivity index (χ2v) is 4.87. The molecule has 0 aliphatic carbocycles. The van der Waals surface area contributed by atoms with Crippen LogP contribution in [0.2, 0.25) is 5.15 Å². The SMILES string of the molecule is O=C1N[C@H](c2cccc(C#Cc3cccnc3Cl)c2)CO1. The molecule has 4 nitrogen and oxygen atoms in total. The number of nitrogens with zero attached hydrogens (tertiary/aromatic N) is 1. The average molecular weight is 299 g/mol. The van der Waals surface area contributed by atoms with E-state index in [1.165, 1.54) is 0 Å². The van der Waals surface area contributed by atoms with Crippen molar-refractivity contribution in [2.24, 2.45) is 0 Å². The van der Waals surface area contributed by atoms with Crippen molar-refractivity contribution in [1.82, 2.24) is 10.3 Å². The smallest absolute Gasteiger partial charge is 0.407 e. The topological polar surface area (TPSA) is 51.2 Å². The highest BCUT2D eigenvalue weighted by atomic mass is 35.5. The van der Waals surface area contributed by atoms with Crippen LogP contribution in [0.4, 0.5) is 4.79 Å². The first-order valence-corrected chi connectivity index (χ1v) is 6.76. The molecule has 21 heavy (non-hydrogen) atoms. The zero-order valence-electron chi connectivity index (χ0n) is 11.0.